The molecule has 0 spiro atoms. The van der Waals surface area contributed by atoms with E-state index in [4.69, 9.17) is 0 Å². The van der Waals surface area contributed by atoms with Crippen molar-refractivity contribution in [2.75, 3.05) is 18.1 Å². The van der Waals surface area contributed by atoms with Crippen molar-refractivity contribution in [1.82, 2.24) is 19.6 Å². The molecule has 1 aliphatic rings. The van der Waals surface area contributed by atoms with E-state index < -0.39 is 9.84 Å². The van der Waals surface area contributed by atoms with Crippen molar-refractivity contribution in [3.8, 4) is 6.07 Å². The van der Waals surface area contributed by atoms with Crippen LogP contribution in [0.25, 0.3) is 22.1 Å². The van der Waals surface area contributed by atoms with Crippen LogP contribution in [-0.4, -0.2) is 41.1 Å². The lowest BCUT2D eigenvalue weighted by molar-refractivity contribution is 0.228. The minimum atomic E-state index is -3.88. The van der Waals surface area contributed by atoms with Crippen LogP contribution in [0.1, 0.15) is 32.3 Å². The molecule has 4 aromatic rings. The molecule has 0 bridgehead atoms. The highest BCUT2D eigenvalue weighted by atomic mass is 32.2. The largest absolute Gasteiger partial charge is 0.346 e. The van der Waals surface area contributed by atoms with Crippen LogP contribution in [0, 0.1) is 29.6 Å². The molecule has 3 aromatic heterocycles. The number of fused-ring (bicyclic) bond motifs is 3. The Kier molecular flexibility index (Phi) is 4.94. The van der Waals surface area contributed by atoms with Gasteiger partial charge in [-0.1, -0.05) is 18.2 Å². The van der Waals surface area contributed by atoms with Gasteiger partial charge in [0.25, 0.3) is 0 Å². The van der Waals surface area contributed by atoms with Gasteiger partial charge in [0.05, 0.1) is 16.4 Å². The second-order valence-corrected chi connectivity index (χ2v) is 11.1. The number of nitriles is 1. The average Bonchev–Trinajstić information content (AvgIpc) is 3.45. The Hall–Kier alpha value is -3.38. The Balaban J connectivity index is 1.63. The molecule has 1 aliphatic heterocycles. The maximum absolute atomic E-state index is 13.6. The van der Waals surface area contributed by atoms with Crippen LogP contribution in [0.3, 0.4) is 0 Å². The van der Waals surface area contributed by atoms with E-state index >= 15 is 0 Å². The van der Waals surface area contributed by atoms with Crippen molar-refractivity contribution >= 4 is 31.9 Å². The standard InChI is InChI=1S/C24H26N6O2S/c1-16-6-4-5-7-19(16)33(31,32)23-20-21(18-8-11-26-22(18)28-23)30(15-27-20)29-12-9-17(10-13-29)24(2,3)14-25/h4-8,11,15,17H,9-10,12-13H2,1-3H3,(H,26,28). The Bertz CT molecular complexity index is 1500. The maximum atomic E-state index is 13.6. The molecule has 9 heteroatoms. The second kappa shape index (κ2) is 7.59. The van der Waals surface area contributed by atoms with Crippen molar-refractivity contribution in [3.63, 3.8) is 0 Å². The van der Waals surface area contributed by atoms with Gasteiger partial charge in [0.1, 0.15) is 23.0 Å². The number of piperidine rings is 1. The number of pyridine rings is 1. The molecule has 0 saturated carbocycles. The van der Waals surface area contributed by atoms with Crippen LogP contribution in [-0.2, 0) is 9.84 Å². The molecule has 1 fully saturated rings. The molecule has 1 aromatic carbocycles. The van der Waals surface area contributed by atoms with Crippen molar-refractivity contribution in [1.29, 1.82) is 5.26 Å². The van der Waals surface area contributed by atoms with Gasteiger partial charge in [-0.3, -0.25) is 0 Å². The summed E-state index contributed by atoms with van der Waals surface area (Å²) in [7, 11) is -3.88. The summed E-state index contributed by atoms with van der Waals surface area (Å²) < 4.78 is 29.2. The van der Waals surface area contributed by atoms with Crippen LogP contribution in [0.5, 0.6) is 0 Å². The van der Waals surface area contributed by atoms with E-state index in [1.165, 1.54) is 0 Å². The SMILES string of the molecule is Cc1ccccc1S(=O)(=O)c1nc2[nH]ccc2c2c1ncn2N1CCC(C(C)(C)C#N)CC1. The summed E-state index contributed by atoms with van der Waals surface area (Å²) in [4.78, 5) is 12.3. The van der Waals surface area contributed by atoms with E-state index in [0.29, 0.717) is 22.6 Å². The van der Waals surface area contributed by atoms with Gasteiger partial charge in [0, 0.05) is 24.7 Å². The fourth-order valence-electron chi connectivity index (χ4n) is 4.80. The van der Waals surface area contributed by atoms with E-state index in [0.717, 1.165) is 36.8 Å². The number of sulfone groups is 1. The van der Waals surface area contributed by atoms with Gasteiger partial charge in [0.2, 0.25) is 9.84 Å². The molecule has 1 saturated heterocycles. The molecular formula is C24H26N6O2S. The third kappa shape index (κ3) is 3.37. The third-order valence-electron chi connectivity index (χ3n) is 6.87. The average molecular weight is 463 g/mol. The summed E-state index contributed by atoms with van der Waals surface area (Å²) in [5, 5.41) is 12.5. The van der Waals surface area contributed by atoms with Gasteiger partial charge >= 0.3 is 0 Å². The zero-order chi connectivity index (χ0) is 23.4. The monoisotopic (exact) mass is 462 g/mol. The van der Waals surface area contributed by atoms with Crippen molar-refractivity contribution in [2.45, 2.75) is 43.5 Å². The number of aryl methyl sites for hydroxylation is 1. The number of aromatic nitrogens is 4. The fourth-order valence-corrected chi connectivity index (χ4v) is 6.38. The van der Waals surface area contributed by atoms with Gasteiger partial charge in [-0.15, -0.1) is 0 Å². The van der Waals surface area contributed by atoms with Crippen LogP contribution in [0.2, 0.25) is 0 Å². The van der Waals surface area contributed by atoms with Crippen molar-refractivity contribution in [3.05, 3.63) is 48.4 Å². The van der Waals surface area contributed by atoms with E-state index in [1.54, 1.807) is 37.6 Å². The first-order valence-electron chi connectivity index (χ1n) is 11.1. The predicted octanol–water partition coefficient (Wildman–Crippen LogP) is 3.95. The Morgan fingerprint density at radius 2 is 1.91 bits per heavy atom. The second-order valence-electron chi connectivity index (χ2n) is 9.27. The topological polar surface area (TPSA) is 108 Å². The molecule has 8 nitrogen and oxygen atoms in total. The Morgan fingerprint density at radius 3 is 2.61 bits per heavy atom. The molecular weight excluding hydrogens is 436 g/mol. The number of nitrogens with zero attached hydrogens (tertiary/aromatic N) is 5. The van der Waals surface area contributed by atoms with Gasteiger partial charge in [-0.2, -0.15) is 5.26 Å². The highest BCUT2D eigenvalue weighted by molar-refractivity contribution is 7.91. The quantitative estimate of drug-likeness (QED) is 0.492. The minimum absolute atomic E-state index is 0.0407. The third-order valence-corrected chi connectivity index (χ3v) is 8.70. The lowest BCUT2D eigenvalue weighted by atomic mass is 9.75. The van der Waals surface area contributed by atoms with E-state index in [-0.39, 0.29) is 15.3 Å². The molecule has 0 aliphatic carbocycles. The predicted molar refractivity (Wildman–Crippen MR) is 126 cm³/mol. The number of benzene rings is 1. The fraction of sp³-hybridized carbons (Fsp3) is 0.375. The molecule has 0 atom stereocenters. The molecule has 4 heterocycles. The molecule has 0 unspecified atom stereocenters. The van der Waals surface area contributed by atoms with Gasteiger partial charge in [-0.05, 0) is 57.2 Å². The van der Waals surface area contributed by atoms with E-state index in [2.05, 4.69) is 26.0 Å². The van der Waals surface area contributed by atoms with Gasteiger partial charge in [0.15, 0.2) is 5.03 Å². The van der Waals surface area contributed by atoms with Crippen LogP contribution < -0.4 is 5.01 Å². The molecule has 1 N–H and O–H groups in total. The molecule has 0 amide bonds. The first-order valence-corrected chi connectivity index (χ1v) is 12.5. The lowest BCUT2D eigenvalue weighted by Crippen LogP contribution is -2.44. The number of imidazole rings is 1. The Morgan fingerprint density at radius 1 is 1.18 bits per heavy atom. The number of hydrogen-bond acceptors (Lipinski definition) is 6. The van der Waals surface area contributed by atoms with Crippen LogP contribution in [0.15, 0.2) is 52.8 Å². The van der Waals surface area contributed by atoms with E-state index in [1.807, 2.05) is 30.7 Å². The van der Waals surface area contributed by atoms with Crippen LogP contribution >= 0.6 is 0 Å². The number of H-pyrrole nitrogens is 1. The van der Waals surface area contributed by atoms with Gasteiger partial charge in [-0.25, -0.2) is 23.1 Å². The first kappa shape index (κ1) is 21.5. The number of aromatic amines is 1. The summed E-state index contributed by atoms with van der Waals surface area (Å²) in [6.07, 6.45) is 5.22. The normalized spacial score (nSPS) is 15.9. The highest BCUT2D eigenvalue weighted by Gasteiger charge is 2.34. The first-order chi connectivity index (χ1) is 15.7. The minimum Gasteiger partial charge on any atom is -0.346 e. The summed E-state index contributed by atoms with van der Waals surface area (Å²) in [6, 6.07) is 11.3. The zero-order valence-corrected chi connectivity index (χ0v) is 19.7. The number of rotatable bonds is 4. The lowest BCUT2D eigenvalue weighted by Gasteiger charge is -2.38. The van der Waals surface area contributed by atoms with E-state index in [9.17, 15) is 13.7 Å². The maximum Gasteiger partial charge on any atom is 0.226 e. The van der Waals surface area contributed by atoms with Crippen LogP contribution in [0.4, 0.5) is 0 Å². The summed E-state index contributed by atoms with van der Waals surface area (Å²) >= 11 is 0. The number of nitrogens with one attached hydrogen (secondary N) is 1. The Labute approximate surface area is 192 Å². The van der Waals surface area contributed by atoms with Crippen molar-refractivity contribution < 1.29 is 8.42 Å². The van der Waals surface area contributed by atoms with Crippen molar-refractivity contribution in [2.24, 2.45) is 11.3 Å². The smallest absolute Gasteiger partial charge is 0.226 e. The molecule has 0 radical (unpaired) electrons. The highest BCUT2D eigenvalue weighted by Crippen LogP contribution is 2.36. The van der Waals surface area contributed by atoms with Gasteiger partial charge < -0.3 is 9.99 Å². The molecule has 170 valence electrons. The zero-order valence-electron chi connectivity index (χ0n) is 18.9. The summed E-state index contributed by atoms with van der Waals surface area (Å²) in [6.45, 7) is 7.29. The number of hydrogen-bond donors (Lipinski definition) is 1. The summed E-state index contributed by atoms with van der Waals surface area (Å²) in [5.41, 5.74) is 1.91. The molecule has 33 heavy (non-hydrogen) atoms. The summed E-state index contributed by atoms with van der Waals surface area (Å²) in [5.74, 6) is 0.319. The molecule has 5 rings (SSSR count).